The Kier molecular flexibility index (Phi) is 4.83. The van der Waals surface area contributed by atoms with Crippen LogP contribution in [0, 0.1) is 0 Å². The Bertz CT molecular complexity index is 413. The van der Waals surface area contributed by atoms with Gasteiger partial charge in [0.1, 0.15) is 0 Å². The highest BCUT2D eigenvalue weighted by Crippen LogP contribution is 2.40. The van der Waals surface area contributed by atoms with Crippen molar-refractivity contribution in [3.63, 3.8) is 0 Å². The van der Waals surface area contributed by atoms with Crippen LogP contribution in [0.15, 0.2) is 35.3 Å². The highest BCUT2D eigenvalue weighted by Gasteiger charge is 2.38. The van der Waals surface area contributed by atoms with Crippen molar-refractivity contribution >= 4 is 5.96 Å². The first-order valence-corrected chi connectivity index (χ1v) is 7.37. The fourth-order valence-corrected chi connectivity index (χ4v) is 2.23. The molecule has 1 saturated carbocycles. The summed E-state index contributed by atoms with van der Waals surface area (Å²) in [5.74, 6) is 1.60. The zero-order valence-electron chi connectivity index (χ0n) is 12.2. The van der Waals surface area contributed by atoms with Gasteiger partial charge in [-0.3, -0.25) is 4.99 Å². The molecule has 3 nitrogen and oxygen atoms in total. The first kappa shape index (κ1) is 13.9. The molecule has 0 amide bonds. The molecule has 1 aliphatic rings. The van der Waals surface area contributed by atoms with Gasteiger partial charge in [0.05, 0.1) is 0 Å². The third-order valence-electron chi connectivity index (χ3n) is 3.65. The second-order valence-corrected chi connectivity index (χ2v) is 5.28. The van der Waals surface area contributed by atoms with Gasteiger partial charge in [-0.1, -0.05) is 37.3 Å². The Hall–Kier alpha value is -1.51. The molecule has 104 valence electrons. The van der Waals surface area contributed by atoms with Crippen LogP contribution >= 0.6 is 0 Å². The third kappa shape index (κ3) is 3.98. The molecule has 3 unspecified atom stereocenters. The van der Waals surface area contributed by atoms with E-state index >= 15 is 0 Å². The molecule has 3 atom stereocenters. The van der Waals surface area contributed by atoms with E-state index in [9.17, 15) is 0 Å². The molecule has 0 radical (unpaired) electrons. The molecule has 2 rings (SSSR count). The van der Waals surface area contributed by atoms with E-state index in [1.54, 1.807) is 0 Å². The fraction of sp³-hybridized carbons (Fsp3) is 0.562. The highest BCUT2D eigenvalue weighted by atomic mass is 15.2. The predicted octanol–water partition coefficient (Wildman–Crippen LogP) is 2.90. The summed E-state index contributed by atoms with van der Waals surface area (Å²) >= 11 is 0. The van der Waals surface area contributed by atoms with Crippen LogP contribution in [-0.2, 0) is 0 Å². The standard InChI is InChI=1S/C16H25N3/c1-4-12(3)18-16(17-5-2)19-15-11-14(15)13-9-7-6-8-10-13/h6-10,12,14-15H,4-5,11H2,1-3H3,(H2,17,18,19). The smallest absolute Gasteiger partial charge is 0.191 e. The molecule has 0 spiro atoms. The van der Waals surface area contributed by atoms with E-state index in [-0.39, 0.29) is 0 Å². The monoisotopic (exact) mass is 259 g/mol. The maximum absolute atomic E-state index is 4.51. The van der Waals surface area contributed by atoms with Crippen LogP contribution in [0.5, 0.6) is 0 Å². The minimum absolute atomic E-state index is 0.465. The van der Waals surface area contributed by atoms with E-state index in [1.165, 1.54) is 12.0 Å². The molecule has 0 aromatic heterocycles. The number of benzene rings is 1. The van der Waals surface area contributed by atoms with Gasteiger partial charge in [-0.25, -0.2) is 0 Å². The number of aliphatic imine (C=N–C) groups is 1. The minimum Gasteiger partial charge on any atom is -0.354 e. The average molecular weight is 259 g/mol. The molecule has 1 aliphatic carbocycles. The molecule has 2 N–H and O–H groups in total. The average Bonchev–Trinajstić information content (AvgIpc) is 3.19. The van der Waals surface area contributed by atoms with Gasteiger partial charge >= 0.3 is 0 Å². The topological polar surface area (TPSA) is 36.4 Å². The van der Waals surface area contributed by atoms with E-state index in [2.05, 4.69) is 66.7 Å². The SMILES string of the molecule is CCN=C(NC(C)CC)NC1CC1c1ccccc1. The largest absolute Gasteiger partial charge is 0.354 e. The van der Waals surface area contributed by atoms with Crippen molar-refractivity contribution in [2.24, 2.45) is 4.99 Å². The van der Waals surface area contributed by atoms with Crippen LogP contribution < -0.4 is 10.6 Å². The van der Waals surface area contributed by atoms with Crippen LogP contribution in [0.3, 0.4) is 0 Å². The summed E-state index contributed by atoms with van der Waals surface area (Å²) in [4.78, 5) is 4.51. The molecule has 0 aliphatic heterocycles. The number of rotatable bonds is 5. The van der Waals surface area contributed by atoms with Crippen LogP contribution in [0.2, 0.25) is 0 Å². The van der Waals surface area contributed by atoms with Crippen molar-refractivity contribution in [3.05, 3.63) is 35.9 Å². The second kappa shape index (κ2) is 6.60. The lowest BCUT2D eigenvalue weighted by Crippen LogP contribution is -2.43. The van der Waals surface area contributed by atoms with Crippen molar-refractivity contribution in [2.45, 2.75) is 51.6 Å². The lowest BCUT2D eigenvalue weighted by Gasteiger charge is -2.17. The zero-order valence-corrected chi connectivity index (χ0v) is 12.2. The Morgan fingerprint density at radius 1 is 1.32 bits per heavy atom. The summed E-state index contributed by atoms with van der Waals surface area (Å²) in [5, 5.41) is 6.99. The van der Waals surface area contributed by atoms with E-state index in [1.807, 2.05) is 0 Å². The molecule has 1 aromatic carbocycles. The Labute approximate surface area is 116 Å². The number of hydrogen-bond donors (Lipinski definition) is 2. The lowest BCUT2D eigenvalue weighted by atomic mass is 10.1. The number of nitrogens with one attached hydrogen (secondary N) is 2. The highest BCUT2D eigenvalue weighted by molar-refractivity contribution is 5.81. The number of guanidine groups is 1. The summed E-state index contributed by atoms with van der Waals surface area (Å²) in [6, 6.07) is 11.7. The summed E-state index contributed by atoms with van der Waals surface area (Å²) in [5.41, 5.74) is 1.43. The maximum atomic E-state index is 4.51. The number of nitrogens with zero attached hydrogens (tertiary/aromatic N) is 1. The third-order valence-corrected chi connectivity index (χ3v) is 3.65. The van der Waals surface area contributed by atoms with Gasteiger partial charge < -0.3 is 10.6 Å². The summed E-state index contributed by atoms with van der Waals surface area (Å²) < 4.78 is 0. The minimum atomic E-state index is 0.465. The fourth-order valence-electron chi connectivity index (χ4n) is 2.23. The van der Waals surface area contributed by atoms with E-state index in [0.717, 1.165) is 18.9 Å². The molecule has 0 saturated heterocycles. The normalized spacial score (nSPS) is 23.8. The van der Waals surface area contributed by atoms with Gasteiger partial charge in [0.2, 0.25) is 0 Å². The van der Waals surface area contributed by atoms with E-state index < -0.39 is 0 Å². The van der Waals surface area contributed by atoms with Gasteiger partial charge in [0, 0.05) is 24.5 Å². The molecule has 1 fully saturated rings. The van der Waals surface area contributed by atoms with Gasteiger partial charge in [0.15, 0.2) is 5.96 Å². The number of hydrogen-bond acceptors (Lipinski definition) is 1. The van der Waals surface area contributed by atoms with Crippen molar-refractivity contribution in [2.75, 3.05) is 6.54 Å². The van der Waals surface area contributed by atoms with Gasteiger partial charge in [0.25, 0.3) is 0 Å². The molecular weight excluding hydrogens is 234 g/mol. The summed E-state index contributed by atoms with van der Waals surface area (Å²) in [6.07, 6.45) is 2.31. The lowest BCUT2D eigenvalue weighted by molar-refractivity contribution is 0.621. The summed E-state index contributed by atoms with van der Waals surface area (Å²) in [7, 11) is 0. The van der Waals surface area contributed by atoms with Gasteiger partial charge in [-0.15, -0.1) is 0 Å². The zero-order chi connectivity index (χ0) is 13.7. The molecule has 1 aromatic rings. The van der Waals surface area contributed by atoms with Gasteiger partial charge in [-0.2, -0.15) is 0 Å². The molecular formula is C16H25N3. The molecule has 19 heavy (non-hydrogen) atoms. The molecule has 3 heteroatoms. The predicted molar refractivity (Wildman–Crippen MR) is 81.6 cm³/mol. The molecule has 0 heterocycles. The first-order valence-electron chi connectivity index (χ1n) is 7.37. The Morgan fingerprint density at radius 3 is 2.68 bits per heavy atom. The maximum Gasteiger partial charge on any atom is 0.191 e. The van der Waals surface area contributed by atoms with Crippen LogP contribution in [0.4, 0.5) is 0 Å². The van der Waals surface area contributed by atoms with Gasteiger partial charge in [-0.05, 0) is 32.3 Å². The Balaban J connectivity index is 1.89. The molecule has 0 bridgehead atoms. The van der Waals surface area contributed by atoms with Crippen LogP contribution in [0.1, 0.15) is 45.1 Å². The quantitative estimate of drug-likeness (QED) is 0.630. The van der Waals surface area contributed by atoms with Crippen LogP contribution in [-0.4, -0.2) is 24.6 Å². The second-order valence-electron chi connectivity index (χ2n) is 5.28. The van der Waals surface area contributed by atoms with E-state index in [0.29, 0.717) is 18.0 Å². The van der Waals surface area contributed by atoms with Crippen molar-refractivity contribution in [3.8, 4) is 0 Å². The van der Waals surface area contributed by atoms with Crippen molar-refractivity contribution < 1.29 is 0 Å². The van der Waals surface area contributed by atoms with Crippen molar-refractivity contribution in [1.29, 1.82) is 0 Å². The van der Waals surface area contributed by atoms with Crippen molar-refractivity contribution in [1.82, 2.24) is 10.6 Å². The Morgan fingerprint density at radius 2 is 2.05 bits per heavy atom. The first-order chi connectivity index (χ1) is 9.24. The summed E-state index contributed by atoms with van der Waals surface area (Å²) in [6.45, 7) is 7.26. The van der Waals surface area contributed by atoms with E-state index in [4.69, 9.17) is 0 Å². The van der Waals surface area contributed by atoms with Crippen LogP contribution in [0.25, 0.3) is 0 Å².